The molecule has 0 saturated carbocycles. The molecule has 2 heterocycles. The largest absolute Gasteiger partial charge is 0.338 e. The Morgan fingerprint density at radius 1 is 0.619 bits per heavy atom. The van der Waals surface area contributed by atoms with Crippen molar-refractivity contribution in [2.75, 3.05) is 0 Å². The van der Waals surface area contributed by atoms with Gasteiger partial charge < -0.3 is 4.98 Å². The fourth-order valence-electron chi connectivity index (χ4n) is 5.61. The van der Waals surface area contributed by atoms with Crippen LogP contribution < -0.4 is 0 Å². The van der Waals surface area contributed by atoms with Crippen molar-refractivity contribution in [1.82, 2.24) is 19.5 Å². The monoisotopic (exact) mass is 544 g/mol. The number of nitrogens with zero attached hydrogens (tertiary/aromatic N) is 3. The summed E-state index contributed by atoms with van der Waals surface area (Å²) in [7, 11) is 0. The SMILES string of the molecule is CC(C)(C)c1ccc(-c2cnc(-c3cccc(-c4ncc(-c5cccc6ccccc56)[nH]4)c3)n2-c2ccccc2)cc1. The number of fused-ring (bicyclic) bond motifs is 1. The van der Waals surface area contributed by atoms with Crippen LogP contribution in [0.1, 0.15) is 26.3 Å². The first-order chi connectivity index (χ1) is 20.5. The van der Waals surface area contributed by atoms with Crippen molar-refractivity contribution in [2.24, 2.45) is 0 Å². The van der Waals surface area contributed by atoms with Crippen molar-refractivity contribution in [3.8, 4) is 51.0 Å². The number of hydrogen-bond donors (Lipinski definition) is 1. The van der Waals surface area contributed by atoms with E-state index in [1.165, 1.54) is 16.3 Å². The summed E-state index contributed by atoms with van der Waals surface area (Å²) in [5.74, 6) is 1.72. The highest BCUT2D eigenvalue weighted by Crippen LogP contribution is 2.34. The molecule has 4 nitrogen and oxygen atoms in total. The number of benzene rings is 5. The topological polar surface area (TPSA) is 46.5 Å². The number of H-pyrrole nitrogens is 1. The maximum absolute atomic E-state index is 4.96. The smallest absolute Gasteiger partial charge is 0.145 e. The van der Waals surface area contributed by atoms with E-state index in [-0.39, 0.29) is 5.41 Å². The van der Waals surface area contributed by atoms with Gasteiger partial charge in [-0.15, -0.1) is 0 Å². The average Bonchev–Trinajstić information content (AvgIpc) is 3.70. The number of imidazole rings is 2. The molecular weight excluding hydrogens is 512 g/mol. The number of hydrogen-bond acceptors (Lipinski definition) is 2. The Hall–Kier alpha value is -5.22. The van der Waals surface area contributed by atoms with Gasteiger partial charge in [0, 0.05) is 27.9 Å². The number of aromatic amines is 1. The predicted octanol–water partition coefficient (Wildman–Crippen LogP) is 9.71. The van der Waals surface area contributed by atoms with Crippen LogP contribution in [0.5, 0.6) is 0 Å². The molecular formula is C38H32N4. The van der Waals surface area contributed by atoms with Gasteiger partial charge in [-0.05, 0) is 39.9 Å². The van der Waals surface area contributed by atoms with Gasteiger partial charge in [0.2, 0.25) is 0 Å². The van der Waals surface area contributed by atoms with Crippen molar-refractivity contribution in [1.29, 1.82) is 0 Å². The van der Waals surface area contributed by atoms with Crippen LogP contribution in [0, 0.1) is 0 Å². The van der Waals surface area contributed by atoms with Crippen LogP contribution in [-0.2, 0) is 5.41 Å². The molecule has 0 bridgehead atoms. The first-order valence-corrected chi connectivity index (χ1v) is 14.3. The summed E-state index contributed by atoms with van der Waals surface area (Å²) in [5, 5.41) is 2.42. The molecule has 0 fully saturated rings. The molecule has 0 spiro atoms. The van der Waals surface area contributed by atoms with Gasteiger partial charge in [-0.25, -0.2) is 9.97 Å². The third kappa shape index (κ3) is 4.71. The molecule has 0 aliphatic heterocycles. The van der Waals surface area contributed by atoms with E-state index in [1.54, 1.807) is 0 Å². The summed E-state index contributed by atoms with van der Waals surface area (Å²) >= 11 is 0. The Morgan fingerprint density at radius 3 is 2.14 bits per heavy atom. The molecule has 0 unspecified atom stereocenters. The third-order valence-electron chi connectivity index (χ3n) is 7.87. The molecule has 0 saturated heterocycles. The van der Waals surface area contributed by atoms with Crippen molar-refractivity contribution in [3.05, 3.63) is 139 Å². The standard InChI is InChI=1S/C38H32N4/c1-38(2,3)30-21-19-27(20-22-30)35-25-40-37(42(35)31-15-5-4-6-16-31)29-14-9-13-28(23-29)36-39-24-34(41-36)33-18-10-12-26-11-7-8-17-32(26)33/h4-25H,1-3H3,(H,39,41). The zero-order valence-corrected chi connectivity index (χ0v) is 24.0. The van der Waals surface area contributed by atoms with Crippen LogP contribution >= 0.6 is 0 Å². The van der Waals surface area contributed by atoms with Crippen LogP contribution in [0.4, 0.5) is 0 Å². The van der Waals surface area contributed by atoms with Gasteiger partial charge in [0.1, 0.15) is 11.6 Å². The average molecular weight is 545 g/mol. The number of para-hydroxylation sites is 1. The Kier molecular flexibility index (Phi) is 6.32. The first kappa shape index (κ1) is 25.7. The summed E-state index contributed by atoms with van der Waals surface area (Å²) in [6.07, 6.45) is 3.90. The Labute approximate surface area is 246 Å². The number of aromatic nitrogens is 4. The zero-order chi connectivity index (χ0) is 28.7. The molecule has 0 aliphatic carbocycles. The molecule has 42 heavy (non-hydrogen) atoms. The molecule has 5 aromatic carbocycles. The highest BCUT2D eigenvalue weighted by molar-refractivity contribution is 5.96. The highest BCUT2D eigenvalue weighted by Gasteiger charge is 2.18. The van der Waals surface area contributed by atoms with Gasteiger partial charge in [-0.1, -0.05) is 124 Å². The van der Waals surface area contributed by atoms with Crippen molar-refractivity contribution >= 4 is 10.8 Å². The first-order valence-electron chi connectivity index (χ1n) is 14.3. The van der Waals surface area contributed by atoms with E-state index in [4.69, 9.17) is 9.97 Å². The summed E-state index contributed by atoms with van der Waals surface area (Å²) in [6.45, 7) is 6.72. The maximum atomic E-state index is 4.96. The minimum atomic E-state index is 0.100. The van der Waals surface area contributed by atoms with Gasteiger partial charge in [0.05, 0.1) is 23.8 Å². The second-order valence-electron chi connectivity index (χ2n) is 11.7. The van der Waals surface area contributed by atoms with Gasteiger partial charge in [-0.3, -0.25) is 4.57 Å². The fourth-order valence-corrected chi connectivity index (χ4v) is 5.61. The molecule has 0 radical (unpaired) electrons. The molecule has 204 valence electrons. The van der Waals surface area contributed by atoms with E-state index in [9.17, 15) is 0 Å². The second kappa shape index (κ2) is 10.3. The summed E-state index contributed by atoms with van der Waals surface area (Å²) < 4.78 is 2.24. The third-order valence-corrected chi connectivity index (χ3v) is 7.87. The molecule has 0 atom stereocenters. The molecule has 2 aromatic heterocycles. The lowest BCUT2D eigenvalue weighted by atomic mass is 9.86. The van der Waals surface area contributed by atoms with E-state index in [2.05, 4.69) is 146 Å². The minimum Gasteiger partial charge on any atom is -0.338 e. The summed E-state index contributed by atoms with van der Waals surface area (Å²) in [4.78, 5) is 13.3. The normalized spacial score (nSPS) is 11.7. The molecule has 1 N–H and O–H groups in total. The van der Waals surface area contributed by atoms with Crippen molar-refractivity contribution in [3.63, 3.8) is 0 Å². The number of nitrogens with one attached hydrogen (secondary N) is 1. The zero-order valence-electron chi connectivity index (χ0n) is 24.0. The van der Waals surface area contributed by atoms with Crippen LogP contribution in [0.2, 0.25) is 0 Å². The van der Waals surface area contributed by atoms with E-state index in [0.29, 0.717) is 0 Å². The minimum absolute atomic E-state index is 0.100. The van der Waals surface area contributed by atoms with Crippen molar-refractivity contribution < 1.29 is 0 Å². The Morgan fingerprint density at radius 2 is 1.33 bits per heavy atom. The summed E-state index contributed by atoms with van der Waals surface area (Å²) in [6, 6.07) is 42.6. The van der Waals surface area contributed by atoms with Crippen LogP contribution in [0.3, 0.4) is 0 Å². The predicted molar refractivity (Wildman–Crippen MR) is 174 cm³/mol. The van der Waals surface area contributed by atoms with Gasteiger partial charge in [0.15, 0.2) is 0 Å². The second-order valence-corrected chi connectivity index (χ2v) is 11.7. The molecule has 0 aliphatic rings. The van der Waals surface area contributed by atoms with Gasteiger partial charge in [0.25, 0.3) is 0 Å². The maximum Gasteiger partial charge on any atom is 0.145 e. The van der Waals surface area contributed by atoms with Gasteiger partial charge in [-0.2, -0.15) is 0 Å². The van der Waals surface area contributed by atoms with Crippen LogP contribution in [-0.4, -0.2) is 19.5 Å². The van der Waals surface area contributed by atoms with Crippen molar-refractivity contribution in [2.45, 2.75) is 26.2 Å². The van der Waals surface area contributed by atoms with E-state index < -0.39 is 0 Å². The Balaban J connectivity index is 1.30. The lowest BCUT2D eigenvalue weighted by molar-refractivity contribution is 0.590. The Bertz CT molecular complexity index is 2000. The van der Waals surface area contributed by atoms with E-state index >= 15 is 0 Å². The summed E-state index contributed by atoms with van der Waals surface area (Å²) in [5.41, 5.74) is 8.85. The highest BCUT2D eigenvalue weighted by atomic mass is 15.1. The van der Waals surface area contributed by atoms with E-state index in [0.717, 1.165) is 51.0 Å². The quantitative estimate of drug-likeness (QED) is 0.234. The lowest BCUT2D eigenvalue weighted by Gasteiger charge is -2.19. The fraction of sp³-hybridized carbons (Fsp3) is 0.105. The molecule has 4 heteroatoms. The molecule has 7 aromatic rings. The van der Waals surface area contributed by atoms with E-state index in [1.807, 2.05) is 18.5 Å². The van der Waals surface area contributed by atoms with Crippen LogP contribution in [0.15, 0.2) is 134 Å². The number of rotatable bonds is 5. The van der Waals surface area contributed by atoms with Crippen LogP contribution in [0.25, 0.3) is 61.8 Å². The molecule has 7 rings (SSSR count). The lowest BCUT2D eigenvalue weighted by Crippen LogP contribution is -2.10. The molecule has 0 amide bonds. The van der Waals surface area contributed by atoms with Gasteiger partial charge >= 0.3 is 0 Å².